The van der Waals surface area contributed by atoms with Crippen molar-refractivity contribution in [2.45, 2.75) is 104 Å². The van der Waals surface area contributed by atoms with Crippen LogP contribution in [0.5, 0.6) is 0 Å². The van der Waals surface area contributed by atoms with E-state index in [1.807, 2.05) is 0 Å². The van der Waals surface area contributed by atoms with Crippen molar-refractivity contribution in [1.82, 2.24) is 4.57 Å². The molecular formula is C19H37N2+. The summed E-state index contributed by atoms with van der Waals surface area (Å²) in [5.41, 5.74) is 0. The van der Waals surface area contributed by atoms with Crippen molar-refractivity contribution in [2.75, 3.05) is 0 Å². The van der Waals surface area contributed by atoms with Gasteiger partial charge < -0.3 is 0 Å². The highest BCUT2D eigenvalue weighted by Gasteiger charge is 2.03. The number of hydrogen-bond donors (Lipinski definition) is 0. The molecular weight excluding hydrogens is 256 g/mol. The van der Waals surface area contributed by atoms with Gasteiger partial charge in [0, 0.05) is 0 Å². The van der Waals surface area contributed by atoms with Crippen LogP contribution in [0.2, 0.25) is 0 Å². The third kappa shape index (κ3) is 9.71. The summed E-state index contributed by atoms with van der Waals surface area (Å²) in [6.45, 7) is 6.94. The van der Waals surface area contributed by atoms with Crippen molar-refractivity contribution in [3.05, 3.63) is 18.7 Å². The molecule has 122 valence electrons. The van der Waals surface area contributed by atoms with Gasteiger partial charge in [-0.3, -0.25) is 0 Å². The number of nitrogens with zero attached hydrogens (tertiary/aromatic N) is 2. The van der Waals surface area contributed by atoms with Crippen LogP contribution in [0, 0.1) is 0 Å². The van der Waals surface area contributed by atoms with Crippen molar-refractivity contribution >= 4 is 0 Å². The molecule has 0 aromatic carbocycles. The minimum Gasteiger partial charge on any atom is -0.237 e. The molecule has 0 aliphatic rings. The maximum absolute atomic E-state index is 2.36. The first kappa shape index (κ1) is 18.3. The molecule has 0 aliphatic carbocycles. The molecule has 0 spiro atoms. The van der Waals surface area contributed by atoms with Gasteiger partial charge in [-0.15, -0.1) is 0 Å². The van der Waals surface area contributed by atoms with Crippen molar-refractivity contribution in [1.29, 1.82) is 0 Å². The molecule has 1 aromatic heterocycles. The van der Waals surface area contributed by atoms with Crippen LogP contribution in [0.4, 0.5) is 0 Å². The van der Waals surface area contributed by atoms with E-state index in [-0.39, 0.29) is 0 Å². The van der Waals surface area contributed by atoms with Crippen molar-refractivity contribution in [3.8, 4) is 0 Å². The number of hydrogen-bond acceptors (Lipinski definition) is 0. The van der Waals surface area contributed by atoms with E-state index in [1.54, 1.807) is 0 Å². The Morgan fingerprint density at radius 1 is 0.714 bits per heavy atom. The molecule has 1 rings (SSSR count). The second-order valence-electron chi connectivity index (χ2n) is 6.42. The molecule has 21 heavy (non-hydrogen) atoms. The predicted octanol–water partition coefficient (Wildman–Crippen LogP) is 5.50. The van der Waals surface area contributed by atoms with E-state index >= 15 is 0 Å². The Labute approximate surface area is 132 Å². The highest BCUT2D eigenvalue weighted by atomic mass is 15.1. The van der Waals surface area contributed by atoms with E-state index in [0.29, 0.717) is 0 Å². The lowest BCUT2D eigenvalue weighted by molar-refractivity contribution is -0.696. The minimum absolute atomic E-state index is 1.19. The standard InChI is InChI=1S/C19H37N2/c1-3-5-7-9-11-13-15-20-17-18-21(19-20)16-14-12-10-8-6-4-2/h17-19H,3-16H2,1-2H3/q+1. The molecule has 1 aromatic rings. The summed E-state index contributed by atoms with van der Waals surface area (Å²) in [5, 5.41) is 0. The van der Waals surface area contributed by atoms with E-state index in [2.05, 4.69) is 41.7 Å². The molecule has 2 nitrogen and oxygen atoms in total. The number of aromatic nitrogens is 2. The van der Waals surface area contributed by atoms with Crippen LogP contribution in [-0.2, 0) is 13.1 Å². The quantitative estimate of drug-likeness (QED) is 0.316. The maximum Gasteiger partial charge on any atom is 0.243 e. The number of aryl methyl sites for hydroxylation is 2. The van der Waals surface area contributed by atoms with Crippen LogP contribution in [0.15, 0.2) is 18.7 Å². The molecule has 0 aliphatic heterocycles. The van der Waals surface area contributed by atoms with Crippen LogP contribution in [0.25, 0.3) is 0 Å². The van der Waals surface area contributed by atoms with Crippen molar-refractivity contribution < 1.29 is 4.57 Å². The number of rotatable bonds is 14. The van der Waals surface area contributed by atoms with Gasteiger partial charge in [0.15, 0.2) is 0 Å². The van der Waals surface area contributed by atoms with E-state index in [1.165, 1.54) is 90.1 Å². The normalized spacial score (nSPS) is 11.1. The van der Waals surface area contributed by atoms with Crippen LogP contribution in [0.3, 0.4) is 0 Å². The first-order chi connectivity index (χ1) is 10.4. The van der Waals surface area contributed by atoms with Crippen molar-refractivity contribution in [3.63, 3.8) is 0 Å². The van der Waals surface area contributed by atoms with E-state index in [4.69, 9.17) is 0 Å². The Hall–Kier alpha value is -0.790. The lowest BCUT2D eigenvalue weighted by Gasteiger charge is -1.99. The summed E-state index contributed by atoms with van der Waals surface area (Å²) in [6.07, 6.45) is 23.3. The third-order valence-electron chi connectivity index (χ3n) is 4.29. The third-order valence-corrected chi connectivity index (χ3v) is 4.29. The zero-order valence-electron chi connectivity index (χ0n) is 14.5. The van der Waals surface area contributed by atoms with Crippen LogP contribution < -0.4 is 4.57 Å². The summed E-state index contributed by atoms with van der Waals surface area (Å²) in [5.74, 6) is 0. The fraction of sp³-hybridized carbons (Fsp3) is 0.842. The van der Waals surface area contributed by atoms with E-state index in [9.17, 15) is 0 Å². The fourth-order valence-electron chi connectivity index (χ4n) is 2.85. The van der Waals surface area contributed by atoms with Gasteiger partial charge in [-0.25, -0.2) is 9.13 Å². The molecule has 0 amide bonds. The molecule has 2 heteroatoms. The predicted molar refractivity (Wildman–Crippen MR) is 91.4 cm³/mol. The molecule has 0 radical (unpaired) electrons. The summed E-state index contributed by atoms with van der Waals surface area (Å²) in [6, 6.07) is 0. The van der Waals surface area contributed by atoms with Crippen LogP contribution in [0.1, 0.15) is 90.9 Å². The molecule has 0 fully saturated rings. The highest BCUT2D eigenvalue weighted by molar-refractivity contribution is 4.66. The molecule has 0 atom stereocenters. The summed E-state index contributed by atoms with van der Waals surface area (Å²) < 4.78 is 4.72. The summed E-state index contributed by atoms with van der Waals surface area (Å²) in [7, 11) is 0. The van der Waals surface area contributed by atoms with E-state index < -0.39 is 0 Å². The lowest BCUT2D eigenvalue weighted by Crippen LogP contribution is -2.30. The molecule has 0 N–H and O–H groups in total. The average Bonchev–Trinajstić information content (AvgIpc) is 2.94. The molecule has 0 saturated heterocycles. The smallest absolute Gasteiger partial charge is 0.237 e. The monoisotopic (exact) mass is 293 g/mol. The lowest BCUT2D eigenvalue weighted by atomic mass is 10.1. The Bertz CT molecular complexity index is 300. The van der Waals surface area contributed by atoms with Gasteiger partial charge in [-0.1, -0.05) is 65.2 Å². The second kappa shape index (κ2) is 12.9. The van der Waals surface area contributed by atoms with Gasteiger partial charge in [0.05, 0.1) is 13.1 Å². The Balaban J connectivity index is 2.01. The molecule has 1 heterocycles. The van der Waals surface area contributed by atoms with Gasteiger partial charge >= 0.3 is 0 Å². The Kier molecular flexibility index (Phi) is 11.2. The summed E-state index contributed by atoms with van der Waals surface area (Å²) in [4.78, 5) is 0. The summed E-state index contributed by atoms with van der Waals surface area (Å²) >= 11 is 0. The van der Waals surface area contributed by atoms with Gasteiger partial charge in [-0.2, -0.15) is 0 Å². The van der Waals surface area contributed by atoms with Gasteiger partial charge in [0.1, 0.15) is 12.4 Å². The fourth-order valence-corrected chi connectivity index (χ4v) is 2.85. The van der Waals surface area contributed by atoms with Gasteiger partial charge in [0.2, 0.25) is 6.33 Å². The molecule has 0 bridgehead atoms. The first-order valence-electron chi connectivity index (χ1n) is 9.41. The van der Waals surface area contributed by atoms with Crippen molar-refractivity contribution in [2.24, 2.45) is 0 Å². The maximum atomic E-state index is 2.36. The topological polar surface area (TPSA) is 8.81 Å². The van der Waals surface area contributed by atoms with E-state index in [0.717, 1.165) is 0 Å². The van der Waals surface area contributed by atoms with Gasteiger partial charge in [0.25, 0.3) is 0 Å². The SMILES string of the molecule is CCCCCCCCn1cc[n+](CCCCCCCC)c1. The number of imidazole rings is 1. The molecule has 0 unspecified atom stereocenters. The zero-order valence-corrected chi connectivity index (χ0v) is 14.5. The van der Waals surface area contributed by atoms with Crippen LogP contribution >= 0.6 is 0 Å². The Morgan fingerprint density at radius 2 is 1.29 bits per heavy atom. The largest absolute Gasteiger partial charge is 0.243 e. The zero-order chi connectivity index (χ0) is 15.2. The number of unbranched alkanes of at least 4 members (excludes halogenated alkanes) is 10. The highest BCUT2D eigenvalue weighted by Crippen LogP contribution is 2.06. The first-order valence-corrected chi connectivity index (χ1v) is 9.41. The Morgan fingerprint density at radius 3 is 1.95 bits per heavy atom. The van der Waals surface area contributed by atoms with Crippen LogP contribution in [-0.4, -0.2) is 4.57 Å². The minimum atomic E-state index is 1.19. The second-order valence-corrected chi connectivity index (χ2v) is 6.42. The average molecular weight is 294 g/mol. The van der Waals surface area contributed by atoms with Gasteiger partial charge in [-0.05, 0) is 25.7 Å². The molecule has 0 saturated carbocycles.